The number of benzene rings is 2. The maximum absolute atomic E-state index is 2.27. The van der Waals surface area contributed by atoms with Gasteiger partial charge in [-0.25, -0.2) is 0 Å². The summed E-state index contributed by atoms with van der Waals surface area (Å²) in [5.74, 6) is 0. The standard InChI is InChI=1S/C12H10S2.Ti/c1-3-7-11(8-4-1)13-14-12-9-5-2-6-10-12;/h1-10H;/q;+1. The Bertz CT molecular complexity index is 440. The van der Waals surface area contributed by atoms with Gasteiger partial charge >= 0.3 is 107 Å². The van der Waals surface area contributed by atoms with Crippen molar-refractivity contribution >= 4 is 17.8 Å². The van der Waals surface area contributed by atoms with Crippen LogP contribution >= 0.6 is 17.8 Å². The Morgan fingerprint density at radius 2 is 1.33 bits per heavy atom. The molecule has 1 unspecified atom stereocenters. The van der Waals surface area contributed by atoms with Crippen molar-refractivity contribution in [1.29, 1.82) is 0 Å². The molecule has 0 saturated heterocycles. The van der Waals surface area contributed by atoms with Gasteiger partial charge in [0, 0.05) is 0 Å². The fourth-order valence-corrected chi connectivity index (χ4v) is 5.65. The predicted octanol–water partition coefficient (Wildman–Crippen LogP) is 4.48. The molecule has 0 amide bonds. The summed E-state index contributed by atoms with van der Waals surface area (Å²) < 4.78 is 0. The second-order valence-corrected chi connectivity index (χ2v) is 9.42. The Kier molecular flexibility index (Phi) is 4.39. The minimum absolute atomic E-state index is 0.232. The van der Waals surface area contributed by atoms with Crippen molar-refractivity contribution in [2.75, 3.05) is 0 Å². The van der Waals surface area contributed by atoms with Crippen molar-refractivity contribution in [1.82, 2.24) is 0 Å². The molecule has 0 saturated carbocycles. The molecule has 3 heteroatoms. The third-order valence-electron chi connectivity index (χ3n) is 1.88. The molecule has 0 bridgehead atoms. The predicted molar refractivity (Wildman–Crippen MR) is 64.6 cm³/mol. The molecule has 0 aromatic heterocycles. The molecule has 1 atom stereocenters. The van der Waals surface area contributed by atoms with Crippen LogP contribution in [0, 0.1) is 0 Å². The van der Waals surface area contributed by atoms with Crippen LogP contribution in [-0.4, -0.2) is 0 Å². The van der Waals surface area contributed by atoms with E-state index >= 15 is 0 Å². The first-order valence-electron chi connectivity index (χ1n) is 4.60. The molecule has 0 nitrogen and oxygen atoms in total. The molecule has 15 heavy (non-hydrogen) atoms. The second-order valence-electron chi connectivity index (χ2n) is 2.98. The second kappa shape index (κ2) is 5.81. The minimum atomic E-state index is 0.232. The maximum atomic E-state index is 2.27. The average molecular weight is 266 g/mol. The van der Waals surface area contributed by atoms with Gasteiger partial charge in [0.25, 0.3) is 0 Å². The summed E-state index contributed by atoms with van der Waals surface area (Å²) in [6, 6.07) is 21.2. The van der Waals surface area contributed by atoms with E-state index in [9.17, 15) is 0 Å². The Balaban J connectivity index is 2.12. The van der Waals surface area contributed by atoms with E-state index in [0.717, 1.165) is 0 Å². The first-order chi connectivity index (χ1) is 7.36. The van der Waals surface area contributed by atoms with E-state index in [4.69, 9.17) is 0 Å². The molecule has 0 heterocycles. The van der Waals surface area contributed by atoms with Crippen molar-refractivity contribution in [3.63, 3.8) is 0 Å². The summed E-state index contributed by atoms with van der Waals surface area (Å²) in [6.45, 7) is 0.232. The summed E-state index contributed by atoms with van der Waals surface area (Å²) in [5, 5.41) is 0. The van der Waals surface area contributed by atoms with Gasteiger partial charge in [0.1, 0.15) is 0 Å². The molecule has 0 N–H and O–H groups in total. The summed E-state index contributed by atoms with van der Waals surface area (Å²) >= 11 is 2.27. The third-order valence-corrected chi connectivity index (χ3v) is 7.14. The molecule has 0 aliphatic heterocycles. The van der Waals surface area contributed by atoms with E-state index in [1.54, 1.807) is 0 Å². The third kappa shape index (κ3) is 3.42. The van der Waals surface area contributed by atoms with Crippen molar-refractivity contribution in [3.05, 3.63) is 60.7 Å². The first-order valence-corrected chi connectivity index (χ1v) is 9.07. The SMILES string of the molecule is [Ti+]=[S](Sc1ccccc1)c1ccccc1. The monoisotopic (exact) mass is 266 g/mol. The molecule has 2 aromatic carbocycles. The van der Waals surface area contributed by atoms with Crippen LogP contribution in [0.2, 0.25) is 0 Å². The van der Waals surface area contributed by atoms with Crippen LogP contribution < -0.4 is 0 Å². The Morgan fingerprint density at radius 3 is 1.93 bits per heavy atom. The molecule has 0 spiro atoms. The van der Waals surface area contributed by atoms with Crippen LogP contribution in [-0.2, 0) is 18.6 Å². The quantitative estimate of drug-likeness (QED) is 0.583. The zero-order valence-electron chi connectivity index (χ0n) is 8.09. The van der Waals surface area contributed by atoms with Crippen LogP contribution in [0.15, 0.2) is 70.5 Å². The van der Waals surface area contributed by atoms with Crippen LogP contribution in [0.1, 0.15) is 0 Å². The van der Waals surface area contributed by atoms with Gasteiger partial charge in [-0.3, -0.25) is 0 Å². The Morgan fingerprint density at radius 1 is 0.800 bits per heavy atom. The van der Waals surface area contributed by atoms with Crippen molar-refractivity contribution < 1.29 is 18.6 Å². The van der Waals surface area contributed by atoms with Gasteiger partial charge in [-0.05, 0) is 0 Å². The summed E-state index contributed by atoms with van der Waals surface area (Å²) in [6.07, 6.45) is 0. The van der Waals surface area contributed by atoms with E-state index in [-0.39, 0.29) is 7.00 Å². The van der Waals surface area contributed by atoms with Crippen molar-refractivity contribution in [2.45, 2.75) is 9.79 Å². The van der Waals surface area contributed by atoms with Crippen LogP contribution in [0.4, 0.5) is 0 Å². The molecule has 0 aliphatic rings. The van der Waals surface area contributed by atoms with Crippen LogP contribution in [0.5, 0.6) is 0 Å². The zero-order valence-corrected chi connectivity index (χ0v) is 11.3. The van der Waals surface area contributed by atoms with Crippen LogP contribution in [0.3, 0.4) is 0 Å². The van der Waals surface area contributed by atoms with Gasteiger partial charge < -0.3 is 0 Å². The molecule has 0 fully saturated rings. The van der Waals surface area contributed by atoms with E-state index < -0.39 is 0 Å². The van der Waals surface area contributed by atoms with Gasteiger partial charge in [0.05, 0.1) is 0 Å². The van der Waals surface area contributed by atoms with Gasteiger partial charge in [0.15, 0.2) is 0 Å². The molecule has 0 radical (unpaired) electrons. The Hall–Kier alpha value is -0.146. The average Bonchev–Trinajstić information content (AvgIpc) is 2.31. The van der Waals surface area contributed by atoms with E-state index in [1.165, 1.54) is 9.79 Å². The molecule has 2 rings (SSSR count). The van der Waals surface area contributed by atoms with Gasteiger partial charge in [0.2, 0.25) is 0 Å². The van der Waals surface area contributed by atoms with Crippen molar-refractivity contribution in [2.24, 2.45) is 0 Å². The van der Waals surface area contributed by atoms with Crippen molar-refractivity contribution in [3.8, 4) is 0 Å². The topological polar surface area (TPSA) is 0 Å². The Labute approximate surface area is 106 Å². The summed E-state index contributed by atoms with van der Waals surface area (Å²) in [7, 11) is 1.92. The number of hydrogen-bond acceptors (Lipinski definition) is 1. The van der Waals surface area contributed by atoms with E-state index in [2.05, 4.69) is 79.3 Å². The molecular weight excluding hydrogens is 256 g/mol. The number of hydrogen-bond donors (Lipinski definition) is 0. The fraction of sp³-hybridized carbons (Fsp3) is 0. The summed E-state index contributed by atoms with van der Waals surface area (Å²) in [5.41, 5.74) is 0. The summed E-state index contributed by atoms with van der Waals surface area (Å²) in [4.78, 5) is 2.75. The molecule has 2 aromatic rings. The molecule has 0 aliphatic carbocycles. The zero-order chi connectivity index (χ0) is 10.5. The first kappa shape index (κ1) is 11.3. The van der Waals surface area contributed by atoms with Gasteiger partial charge in [-0.2, -0.15) is 0 Å². The molecule has 73 valence electrons. The van der Waals surface area contributed by atoms with Gasteiger partial charge in [-0.1, -0.05) is 0 Å². The number of rotatable bonds is 3. The van der Waals surface area contributed by atoms with E-state index in [0.29, 0.717) is 0 Å². The van der Waals surface area contributed by atoms with E-state index in [1.807, 2.05) is 10.8 Å². The fourth-order valence-electron chi connectivity index (χ4n) is 1.16. The van der Waals surface area contributed by atoms with Crippen LogP contribution in [0.25, 0.3) is 0 Å². The molecular formula is C12H10S2Ti+. The van der Waals surface area contributed by atoms with Gasteiger partial charge in [-0.15, -0.1) is 0 Å². The normalized spacial score (nSPS) is 12.4.